The third kappa shape index (κ3) is 6.74. The normalized spacial score (nSPS) is 19.1. The highest BCUT2D eigenvalue weighted by Gasteiger charge is 2.25. The Morgan fingerprint density at radius 1 is 1.32 bits per heavy atom. The van der Waals surface area contributed by atoms with E-state index in [1.165, 1.54) is 47.5 Å². The van der Waals surface area contributed by atoms with Crippen LogP contribution >= 0.6 is 23.5 Å². The predicted octanol–water partition coefficient (Wildman–Crippen LogP) is 3.73. The van der Waals surface area contributed by atoms with Gasteiger partial charge in [-0.05, 0) is 19.8 Å². The van der Waals surface area contributed by atoms with Gasteiger partial charge in [0.15, 0.2) is 6.54 Å². The highest BCUT2D eigenvalue weighted by atomic mass is 32.2. The smallest absolute Gasteiger partial charge is 0.333 e. The summed E-state index contributed by atoms with van der Waals surface area (Å²) in [7, 11) is 0. The molecule has 2 rings (SSSR count). The lowest BCUT2D eigenvalue weighted by atomic mass is 10.3. The van der Waals surface area contributed by atoms with Gasteiger partial charge in [0.25, 0.3) is 0 Å². The second-order valence-corrected chi connectivity index (χ2v) is 8.70. The average Bonchev–Trinajstić information content (AvgIpc) is 3.22. The van der Waals surface area contributed by atoms with Crippen molar-refractivity contribution in [3.05, 3.63) is 23.3 Å². The lowest BCUT2D eigenvalue weighted by Crippen LogP contribution is -2.21. The van der Waals surface area contributed by atoms with E-state index < -0.39 is 0 Å². The van der Waals surface area contributed by atoms with Gasteiger partial charge >= 0.3 is 5.97 Å². The lowest BCUT2D eigenvalue weighted by molar-refractivity contribution is -0.517. The third-order valence-electron chi connectivity index (χ3n) is 4.28. The van der Waals surface area contributed by atoms with Crippen LogP contribution in [-0.2, 0) is 9.53 Å². The molecule has 1 fully saturated rings. The van der Waals surface area contributed by atoms with Crippen molar-refractivity contribution >= 4 is 34.5 Å². The fraction of sp³-hybridized carbons (Fsp3) is 0.684. The van der Waals surface area contributed by atoms with Gasteiger partial charge in [-0.15, -0.1) is 11.8 Å². The summed E-state index contributed by atoms with van der Waals surface area (Å²) < 4.78 is 7.64. The van der Waals surface area contributed by atoms with Gasteiger partial charge in [-0.25, -0.2) is 9.37 Å². The molecular formula is C19H31N2O2S2+. The van der Waals surface area contributed by atoms with Crippen LogP contribution in [0.1, 0.15) is 39.5 Å². The average molecular weight is 384 g/mol. The monoisotopic (exact) mass is 383 g/mol. The fourth-order valence-corrected chi connectivity index (χ4v) is 5.02. The lowest BCUT2D eigenvalue weighted by Gasteiger charge is -2.17. The summed E-state index contributed by atoms with van der Waals surface area (Å²) in [5.41, 5.74) is 0.472. The Morgan fingerprint density at radius 3 is 2.92 bits per heavy atom. The molecule has 0 spiro atoms. The number of esters is 1. The zero-order chi connectivity index (χ0) is 18.1. The Balaban J connectivity index is 1.81. The van der Waals surface area contributed by atoms with Crippen LogP contribution in [0.25, 0.3) is 0 Å². The van der Waals surface area contributed by atoms with Crippen LogP contribution < -0.4 is 0 Å². The van der Waals surface area contributed by atoms with E-state index in [0.717, 1.165) is 25.9 Å². The summed E-state index contributed by atoms with van der Waals surface area (Å²) in [6.45, 7) is 12.5. The van der Waals surface area contributed by atoms with E-state index in [9.17, 15) is 4.79 Å². The van der Waals surface area contributed by atoms with E-state index in [1.807, 2.05) is 23.5 Å². The molecule has 0 N–H and O–H groups in total. The molecule has 25 heavy (non-hydrogen) atoms. The van der Waals surface area contributed by atoms with Gasteiger partial charge in [-0.3, -0.25) is 0 Å². The van der Waals surface area contributed by atoms with Crippen LogP contribution in [0.15, 0.2) is 23.3 Å². The number of unbranched alkanes of at least 4 members (excludes halogenated alkanes) is 2. The molecule has 0 atom stereocenters. The van der Waals surface area contributed by atoms with E-state index in [-0.39, 0.29) is 5.97 Å². The van der Waals surface area contributed by atoms with E-state index in [2.05, 4.69) is 29.1 Å². The zero-order valence-corrected chi connectivity index (χ0v) is 17.2. The number of ether oxygens (including phenoxy) is 1. The van der Waals surface area contributed by atoms with E-state index in [4.69, 9.17) is 4.74 Å². The molecule has 140 valence electrons. The van der Waals surface area contributed by atoms with Crippen molar-refractivity contribution in [3.8, 4) is 0 Å². The number of nitrogens with zero attached hydrogens (tertiary/aromatic N) is 2. The molecule has 0 unspecified atom stereocenters. The molecule has 6 heteroatoms. The summed E-state index contributed by atoms with van der Waals surface area (Å²) in [6.07, 6.45) is 6.87. The van der Waals surface area contributed by atoms with E-state index in [1.54, 1.807) is 6.92 Å². The summed E-state index contributed by atoms with van der Waals surface area (Å²) in [5, 5.41) is 2.85. The maximum absolute atomic E-state index is 11.4. The van der Waals surface area contributed by atoms with Crippen LogP contribution in [0.5, 0.6) is 0 Å². The van der Waals surface area contributed by atoms with Gasteiger partial charge < -0.3 is 9.64 Å². The van der Waals surface area contributed by atoms with Crippen molar-refractivity contribution in [2.24, 2.45) is 0 Å². The molecule has 0 bridgehead atoms. The topological polar surface area (TPSA) is 32.6 Å². The van der Waals surface area contributed by atoms with Gasteiger partial charge in [-0.2, -0.15) is 0 Å². The number of carbonyl (C=O) groups is 1. The van der Waals surface area contributed by atoms with Gasteiger partial charge in [0.05, 0.1) is 17.4 Å². The standard InChI is InChI=1S/C19H31N2O2S2/c1-4-5-8-20-10-13-24-17(20)15-18-21(11-14-25-18)9-6-7-12-23-19(22)16(2)3/h15H,2,4-14H2,1,3H3/q+1. The minimum Gasteiger partial charge on any atom is -0.462 e. The van der Waals surface area contributed by atoms with Gasteiger partial charge in [0.1, 0.15) is 6.54 Å². The molecule has 0 aliphatic carbocycles. The minimum absolute atomic E-state index is 0.279. The first kappa shape index (κ1) is 20.4. The molecule has 0 saturated carbocycles. The molecule has 0 aromatic heterocycles. The van der Waals surface area contributed by atoms with E-state index >= 15 is 0 Å². The second kappa shape index (κ2) is 11.0. The Labute approximate surface area is 160 Å². The van der Waals surface area contributed by atoms with Crippen LogP contribution in [0, 0.1) is 0 Å². The van der Waals surface area contributed by atoms with Crippen molar-refractivity contribution in [2.75, 3.05) is 44.3 Å². The molecule has 2 heterocycles. The Morgan fingerprint density at radius 2 is 2.16 bits per heavy atom. The second-order valence-electron chi connectivity index (χ2n) is 6.47. The van der Waals surface area contributed by atoms with Crippen molar-refractivity contribution in [2.45, 2.75) is 39.5 Å². The molecule has 0 aromatic rings. The Bertz CT molecular complexity index is 544. The third-order valence-corrected chi connectivity index (χ3v) is 6.40. The van der Waals surface area contributed by atoms with Crippen LogP contribution in [0.4, 0.5) is 0 Å². The van der Waals surface area contributed by atoms with Crippen molar-refractivity contribution < 1.29 is 14.1 Å². The number of rotatable bonds is 10. The first-order valence-electron chi connectivity index (χ1n) is 9.28. The Kier molecular flexibility index (Phi) is 8.96. The molecule has 2 aliphatic heterocycles. The summed E-state index contributed by atoms with van der Waals surface area (Å²) >= 11 is 3.95. The quantitative estimate of drug-likeness (QED) is 0.248. The Hall–Kier alpha value is -0.880. The number of hydrogen-bond acceptors (Lipinski definition) is 5. The number of hydrogen-bond donors (Lipinski definition) is 0. The van der Waals surface area contributed by atoms with Crippen LogP contribution in [0.2, 0.25) is 0 Å². The van der Waals surface area contributed by atoms with Crippen LogP contribution in [-0.4, -0.2) is 64.8 Å². The number of thioether (sulfide) groups is 2. The zero-order valence-electron chi connectivity index (χ0n) is 15.6. The van der Waals surface area contributed by atoms with Crippen molar-refractivity contribution in [1.82, 2.24) is 4.90 Å². The highest BCUT2D eigenvalue weighted by Crippen LogP contribution is 2.29. The van der Waals surface area contributed by atoms with Crippen LogP contribution in [0.3, 0.4) is 0 Å². The largest absolute Gasteiger partial charge is 0.462 e. The summed E-state index contributed by atoms with van der Waals surface area (Å²) in [5.74, 6) is 2.10. The highest BCUT2D eigenvalue weighted by molar-refractivity contribution is 8.14. The molecule has 2 aliphatic rings. The van der Waals surface area contributed by atoms with E-state index in [0.29, 0.717) is 12.2 Å². The maximum Gasteiger partial charge on any atom is 0.333 e. The molecule has 0 aromatic carbocycles. The summed E-state index contributed by atoms with van der Waals surface area (Å²) in [4.78, 5) is 13.9. The van der Waals surface area contributed by atoms with Crippen molar-refractivity contribution in [1.29, 1.82) is 0 Å². The summed E-state index contributed by atoms with van der Waals surface area (Å²) in [6, 6.07) is 0. The molecule has 4 nitrogen and oxygen atoms in total. The molecular weight excluding hydrogens is 352 g/mol. The van der Waals surface area contributed by atoms with Gasteiger partial charge in [0, 0.05) is 36.9 Å². The molecule has 1 saturated heterocycles. The maximum atomic E-state index is 11.4. The molecule has 0 radical (unpaired) electrons. The van der Waals surface area contributed by atoms with Gasteiger partial charge in [-0.1, -0.05) is 31.7 Å². The first-order valence-corrected chi connectivity index (χ1v) is 11.3. The molecule has 0 amide bonds. The predicted molar refractivity (Wildman–Crippen MR) is 109 cm³/mol. The van der Waals surface area contributed by atoms with Crippen molar-refractivity contribution in [3.63, 3.8) is 0 Å². The number of carbonyl (C=O) groups excluding carboxylic acids is 1. The minimum atomic E-state index is -0.279. The first-order chi connectivity index (χ1) is 12.1. The van der Waals surface area contributed by atoms with Gasteiger partial charge in [0.2, 0.25) is 5.04 Å². The SMILES string of the molecule is C=C(C)C(=O)OCCCC[N+]1=C(C=C2SCCN2CCCC)SCC1. The fourth-order valence-electron chi connectivity index (χ4n) is 2.78.